The van der Waals surface area contributed by atoms with E-state index >= 15 is 0 Å². The fourth-order valence-electron chi connectivity index (χ4n) is 3.29. The molecule has 2 N–H and O–H groups in total. The van der Waals surface area contributed by atoms with E-state index in [-0.39, 0.29) is 0 Å². The van der Waals surface area contributed by atoms with Crippen LogP contribution in [0.25, 0.3) is 0 Å². The summed E-state index contributed by atoms with van der Waals surface area (Å²) >= 11 is 0. The Morgan fingerprint density at radius 2 is 2.07 bits per heavy atom. The third-order valence-electron chi connectivity index (χ3n) is 4.77. The minimum Gasteiger partial charge on any atom is -0.376 e. The summed E-state index contributed by atoms with van der Waals surface area (Å²) in [7, 11) is 3.72. The quantitative estimate of drug-likeness (QED) is 0.596. The predicted molar refractivity (Wildman–Crippen MR) is 107 cm³/mol. The van der Waals surface area contributed by atoms with Crippen LogP contribution in [0.4, 0.5) is 0 Å². The molecule has 1 aromatic heterocycles. The van der Waals surface area contributed by atoms with Gasteiger partial charge in [-0.1, -0.05) is 24.3 Å². The second-order valence-corrected chi connectivity index (χ2v) is 6.96. The molecule has 1 aromatic carbocycles. The number of morpholine rings is 1. The number of ether oxygens (including phenoxy) is 1. The first-order valence-corrected chi connectivity index (χ1v) is 9.47. The third-order valence-corrected chi connectivity index (χ3v) is 4.77. The zero-order valence-electron chi connectivity index (χ0n) is 16.5. The number of aromatic nitrogens is 2. The normalized spacial score (nSPS) is 18.5. The fraction of sp³-hybridized carbons (Fsp3) is 0.500. The Bertz CT molecular complexity index is 756. The van der Waals surface area contributed by atoms with Crippen molar-refractivity contribution in [2.24, 2.45) is 12.0 Å². The van der Waals surface area contributed by atoms with E-state index in [1.54, 1.807) is 13.2 Å². The zero-order valence-corrected chi connectivity index (χ0v) is 16.5. The van der Waals surface area contributed by atoms with E-state index in [0.29, 0.717) is 12.6 Å². The summed E-state index contributed by atoms with van der Waals surface area (Å²) in [5, 5.41) is 10.9. The van der Waals surface area contributed by atoms with Crippen molar-refractivity contribution in [3.63, 3.8) is 0 Å². The first-order chi connectivity index (χ1) is 13.1. The van der Waals surface area contributed by atoms with Gasteiger partial charge in [-0.25, -0.2) is 0 Å². The van der Waals surface area contributed by atoms with Gasteiger partial charge in [-0.05, 0) is 24.1 Å². The van der Waals surface area contributed by atoms with Gasteiger partial charge in [-0.15, -0.1) is 0 Å². The molecule has 2 heterocycles. The van der Waals surface area contributed by atoms with Gasteiger partial charge in [0.05, 0.1) is 24.9 Å². The Labute approximate surface area is 161 Å². The Balaban J connectivity index is 1.50. The molecule has 0 aliphatic carbocycles. The Kier molecular flexibility index (Phi) is 6.84. The van der Waals surface area contributed by atoms with Gasteiger partial charge in [0.25, 0.3) is 0 Å². The first kappa shape index (κ1) is 19.4. The van der Waals surface area contributed by atoms with Crippen molar-refractivity contribution in [1.82, 2.24) is 25.3 Å². The van der Waals surface area contributed by atoms with Crippen molar-refractivity contribution in [3.8, 4) is 0 Å². The van der Waals surface area contributed by atoms with Crippen LogP contribution in [0.15, 0.2) is 41.5 Å². The molecule has 146 valence electrons. The molecular formula is C20H30N6O. The molecule has 0 bridgehead atoms. The molecule has 7 nitrogen and oxygen atoms in total. The Hall–Kier alpha value is -2.38. The van der Waals surface area contributed by atoms with E-state index in [9.17, 15) is 0 Å². The highest BCUT2D eigenvalue weighted by molar-refractivity contribution is 5.79. The van der Waals surface area contributed by atoms with Crippen LogP contribution >= 0.6 is 0 Å². The molecule has 2 aromatic rings. The van der Waals surface area contributed by atoms with Gasteiger partial charge >= 0.3 is 0 Å². The largest absolute Gasteiger partial charge is 0.376 e. The molecule has 0 saturated carbocycles. The van der Waals surface area contributed by atoms with Crippen LogP contribution in [0.3, 0.4) is 0 Å². The molecule has 1 saturated heterocycles. The monoisotopic (exact) mass is 370 g/mol. The lowest BCUT2D eigenvalue weighted by atomic mass is 10.1. The van der Waals surface area contributed by atoms with Crippen molar-refractivity contribution in [3.05, 3.63) is 53.3 Å². The summed E-state index contributed by atoms with van der Waals surface area (Å²) < 4.78 is 7.48. The summed E-state index contributed by atoms with van der Waals surface area (Å²) in [4.78, 5) is 6.75. The lowest BCUT2D eigenvalue weighted by Crippen LogP contribution is -2.40. The highest BCUT2D eigenvalue weighted by Crippen LogP contribution is 2.12. The first-order valence-electron chi connectivity index (χ1n) is 9.47. The summed E-state index contributed by atoms with van der Waals surface area (Å²) in [5.74, 6) is 0.781. The van der Waals surface area contributed by atoms with Gasteiger partial charge in [0.1, 0.15) is 0 Å². The van der Waals surface area contributed by atoms with E-state index in [1.165, 1.54) is 11.1 Å². The van der Waals surface area contributed by atoms with Gasteiger partial charge in [0.15, 0.2) is 5.96 Å². The van der Waals surface area contributed by atoms with E-state index in [2.05, 4.69) is 56.8 Å². The fourth-order valence-corrected chi connectivity index (χ4v) is 3.29. The van der Waals surface area contributed by atoms with Crippen LogP contribution < -0.4 is 10.6 Å². The molecule has 3 rings (SSSR count). The van der Waals surface area contributed by atoms with E-state index < -0.39 is 0 Å². The van der Waals surface area contributed by atoms with Gasteiger partial charge in [-0.3, -0.25) is 14.6 Å². The maximum Gasteiger partial charge on any atom is 0.191 e. The standard InChI is InChI=1S/C20H30N6O/c1-16-14-26(9-10-27-16)15-18-6-4-5-17(11-18)12-22-20(21-2)23-13-19-7-8-24-25(19)3/h4-8,11,16H,9-10,12-15H2,1-3H3,(H2,21,22,23). The average molecular weight is 371 g/mol. The second-order valence-electron chi connectivity index (χ2n) is 6.96. The van der Waals surface area contributed by atoms with Crippen LogP contribution in [0.5, 0.6) is 0 Å². The van der Waals surface area contributed by atoms with Crippen LogP contribution in [0, 0.1) is 0 Å². The number of hydrogen-bond acceptors (Lipinski definition) is 4. The molecule has 0 amide bonds. The van der Waals surface area contributed by atoms with Crippen LogP contribution in [-0.4, -0.2) is 53.5 Å². The molecular weight excluding hydrogens is 340 g/mol. The number of hydrogen-bond donors (Lipinski definition) is 2. The van der Waals surface area contributed by atoms with Crippen molar-refractivity contribution in [1.29, 1.82) is 0 Å². The number of nitrogens with one attached hydrogen (secondary N) is 2. The molecule has 1 unspecified atom stereocenters. The molecule has 1 aliphatic heterocycles. The average Bonchev–Trinajstić information content (AvgIpc) is 3.07. The minimum absolute atomic E-state index is 0.317. The van der Waals surface area contributed by atoms with Gasteiger partial charge in [0.2, 0.25) is 0 Å². The smallest absolute Gasteiger partial charge is 0.191 e. The van der Waals surface area contributed by atoms with Gasteiger partial charge in [0, 0.05) is 46.5 Å². The molecule has 1 fully saturated rings. The summed E-state index contributed by atoms with van der Waals surface area (Å²) in [6.45, 7) is 7.33. The van der Waals surface area contributed by atoms with E-state index in [4.69, 9.17) is 4.74 Å². The summed E-state index contributed by atoms with van der Waals surface area (Å²) in [5.41, 5.74) is 3.69. The van der Waals surface area contributed by atoms with E-state index in [0.717, 1.165) is 44.4 Å². The zero-order chi connectivity index (χ0) is 19.1. The van der Waals surface area contributed by atoms with Crippen molar-refractivity contribution in [2.75, 3.05) is 26.7 Å². The highest BCUT2D eigenvalue weighted by Gasteiger charge is 2.16. The topological polar surface area (TPSA) is 66.7 Å². The third kappa shape index (κ3) is 5.80. The molecule has 7 heteroatoms. The van der Waals surface area contributed by atoms with Gasteiger partial charge in [-0.2, -0.15) is 5.10 Å². The van der Waals surface area contributed by atoms with E-state index in [1.807, 2.05) is 17.8 Å². The number of guanidine groups is 1. The molecule has 0 radical (unpaired) electrons. The SMILES string of the molecule is CN=C(NCc1cccc(CN2CCOC(C)C2)c1)NCc1ccnn1C. The maximum atomic E-state index is 5.63. The highest BCUT2D eigenvalue weighted by atomic mass is 16.5. The number of aryl methyl sites for hydroxylation is 1. The lowest BCUT2D eigenvalue weighted by molar-refractivity contribution is -0.0212. The van der Waals surface area contributed by atoms with Crippen molar-refractivity contribution >= 4 is 5.96 Å². The number of rotatable bonds is 6. The van der Waals surface area contributed by atoms with Crippen LogP contribution in [0.1, 0.15) is 23.7 Å². The molecule has 1 aliphatic rings. The minimum atomic E-state index is 0.317. The second kappa shape index (κ2) is 9.53. The maximum absolute atomic E-state index is 5.63. The number of aliphatic imine (C=N–C) groups is 1. The Morgan fingerprint density at radius 1 is 1.26 bits per heavy atom. The molecule has 0 spiro atoms. The van der Waals surface area contributed by atoms with Crippen LogP contribution in [-0.2, 0) is 31.4 Å². The number of benzene rings is 1. The van der Waals surface area contributed by atoms with Crippen molar-refractivity contribution < 1.29 is 4.74 Å². The summed E-state index contributed by atoms with van der Waals surface area (Å²) in [6, 6.07) is 10.7. The lowest BCUT2D eigenvalue weighted by Gasteiger charge is -2.31. The van der Waals surface area contributed by atoms with Crippen molar-refractivity contribution in [2.45, 2.75) is 32.7 Å². The van der Waals surface area contributed by atoms with Crippen LogP contribution in [0.2, 0.25) is 0 Å². The molecule has 27 heavy (non-hydrogen) atoms. The summed E-state index contributed by atoms with van der Waals surface area (Å²) in [6.07, 6.45) is 2.12. The predicted octanol–water partition coefficient (Wildman–Crippen LogP) is 1.51. The molecule has 1 atom stereocenters. The Morgan fingerprint density at radius 3 is 2.81 bits per heavy atom. The van der Waals surface area contributed by atoms with Gasteiger partial charge < -0.3 is 15.4 Å². The number of nitrogens with zero attached hydrogens (tertiary/aromatic N) is 4.